The van der Waals surface area contributed by atoms with E-state index in [1.807, 2.05) is 90.7 Å². The minimum Gasteiger partial charge on any atom is -0.360 e. The number of anilines is 1. The molecule has 0 aromatic heterocycles. The van der Waals surface area contributed by atoms with Crippen molar-refractivity contribution in [3.63, 3.8) is 0 Å². The van der Waals surface area contributed by atoms with Gasteiger partial charge in [-0.3, -0.25) is 9.79 Å². The Morgan fingerprint density at radius 1 is 1.00 bits per heavy atom. The zero-order valence-electron chi connectivity index (χ0n) is 15.9. The molecule has 0 fully saturated rings. The molecule has 4 heteroatoms. The predicted octanol–water partition coefficient (Wildman–Crippen LogP) is 3.82. The van der Waals surface area contributed by atoms with Crippen molar-refractivity contribution in [3.05, 3.63) is 101 Å². The molecule has 0 amide bonds. The number of hydrogen-bond donors (Lipinski definition) is 1. The van der Waals surface area contributed by atoms with Gasteiger partial charge in [0, 0.05) is 22.4 Å². The van der Waals surface area contributed by atoms with Crippen molar-refractivity contribution >= 4 is 17.2 Å². The smallest absolute Gasteiger partial charge is 0.182 e. The summed E-state index contributed by atoms with van der Waals surface area (Å²) in [4.78, 5) is 19.8. The van der Waals surface area contributed by atoms with E-state index >= 15 is 0 Å². The van der Waals surface area contributed by atoms with Crippen molar-refractivity contribution in [2.24, 2.45) is 10.7 Å². The number of rotatable bonds is 4. The fourth-order valence-electron chi connectivity index (χ4n) is 3.67. The van der Waals surface area contributed by atoms with Gasteiger partial charge in [0.2, 0.25) is 0 Å². The molecule has 0 radical (unpaired) electrons. The fourth-order valence-corrected chi connectivity index (χ4v) is 3.67. The second-order valence-corrected chi connectivity index (χ2v) is 7.05. The molecule has 1 atom stereocenters. The molecule has 0 saturated carbocycles. The molecular weight excluding hydrogens is 346 g/mol. The van der Waals surface area contributed by atoms with Crippen LogP contribution in [0.1, 0.15) is 27.0 Å². The second kappa shape index (κ2) is 7.79. The maximum Gasteiger partial charge on any atom is 0.182 e. The quantitative estimate of drug-likeness (QED) is 0.711. The molecule has 3 aromatic carbocycles. The van der Waals surface area contributed by atoms with Crippen LogP contribution < -0.4 is 10.6 Å². The number of carbonyl (C=O) groups excluding carboxylic acids is 1. The molecule has 0 aliphatic carbocycles. The zero-order valence-corrected chi connectivity index (χ0v) is 15.9. The molecule has 0 unspecified atom stereocenters. The summed E-state index contributed by atoms with van der Waals surface area (Å²) in [5, 5.41) is 0. The van der Waals surface area contributed by atoms with E-state index < -0.39 is 6.17 Å². The Bertz CT molecular complexity index is 1030. The maximum absolute atomic E-state index is 13.0. The second-order valence-electron chi connectivity index (χ2n) is 7.05. The van der Waals surface area contributed by atoms with E-state index in [0.29, 0.717) is 6.54 Å². The third kappa shape index (κ3) is 3.59. The lowest BCUT2D eigenvalue weighted by Crippen LogP contribution is -2.39. The van der Waals surface area contributed by atoms with Crippen LogP contribution in [0.25, 0.3) is 0 Å². The third-order valence-electron chi connectivity index (χ3n) is 5.03. The molecule has 0 bridgehead atoms. The number of Topliss-reactive ketones (excluding diaryl/α,β-unsaturated/α-hetero) is 1. The molecule has 0 saturated heterocycles. The summed E-state index contributed by atoms with van der Waals surface area (Å²) >= 11 is 0. The highest BCUT2D eigenvalue weighted by Gasteiger charge is 2.24. The lowest BCUT2D eigenvalue weighted by atomic mass is 9.99. The molecule has 4 rings (SSSR count). The van der Waals surface area contributed by atoms with Crippen LogP contribution in [-0.2, 0) is 0 Å². The molecule has 4 nitrogen and oxygen atoms in total. The summed E-state index contributed by atoms with van der Waals surface area (Å²) in [6, 6.07) is 25.8. The SMILES string of the molecule is Cc1ccccc1C(=O)CN1C[C@H](N)N=C(c2ccccc2)c2ccccc21. The van der Waals surface area contributed by atoms with Gasteiger partial charge in [0.05, 0.1) is 18.8 Å². The highest BCUT2D eigenvalue weighted by Crippen LogP contribution is 2.27. The van der Waals surface area contributed by atoms with Crippen LogP contribution in [0.3, 0.4) is 0 Å². The monoisotopic (exact) mass is 369 g/mol. The molecular formula is C24H23N3O. The van der Waals surface area contributed by atoms with Crippen molar-refractivity contribution < 1.29 is 4.79 Å². The fraction of sp³-hybridized carbons (Fsp3) is 0.167. The molecule has 1 heterocycles. The van der Waals surface area contributed by atoms with Crippen LogP contribution >= 0.6 is 0 Å². The molecule has 0 spiro atoms. The Kier molecular flexibility index (Phi) is 5.04. The molecule has 1 aliphatic rings. The number of aryl methyl sites for hydroxylation is 1. The lowest BCUT2D eigenvalue weighted by Gasteiger charge is -2.25. The minimum absolute atomic E-state index is 0.0864. The van der Waals surface area contributed by atoms with Crippen LogP contribution in [0, 0.1) is 6.92 Å². The summed E-state index contributed by atoms with van der Waals surface area (Å²) in [7, 11) is 0. The van der Waals surface area contributed by atoms with Gasteiger partial charge in [-0.2, -0.15) is 0 Å². The van der Waals surface area contributed by atoms with Gasteiger partial charge in [0.1, 0.15) is 6.17 Å². The summed E-state index contributed by atoms with van der Waals surface area (Å²) in [6.45, 7) is 2.73. The van der Waals surface area contributed by atoms with Gasteiger partial charge in [-0.25, -0.2) is 0 Å². The number of fused-ring (bicyclic) bond motifs is 1. The van der Waals surface area contributed by atoms with Crippen molar-refractivity contribution in [3.8, 4) is 0 Å². The molecule has 2 N–H and O–H groups in total. The van der Waals surface area contributed by atoms with Crippen LogP contribution in [0.15, 0.2) is 83.9 Å². The van der Waals surface area contributed by atoms with Crippen LogP contribution in [-0.4, -0.2) is 30.8 Å². The number of carbonyl (C=O) groups is 1. The van der Waals surface area contributed by atoms with E-state index in [1.165, 1.54) is 0 Å². The first-order valence-electron chi connectivity index (χ1n) is 9.45. The Morgan fingerprint density at radius 3 is 2.46 bits per heavy atom. The zero-order chi connectivity index (χ0) is 19.5. The van der Waals surface area contributed by atoms with Gasteiger partial charge in [-0.15, -0.1) is 0 Å². The van der Waals surface area contributed by atoms with Gasteiger partial charge in [0.25, 0.3) is 0 Å². The van der Waals surface area contributed by atoms with Crippen LogP contribution in [0.2, 0.25) is 0 Å². The minimum atomic E-state index is -0.410. The number of para-hydroxylation sites is 1. The van der Waals surface area contributed by atoms with E-state index in [4.69, 9.17) is 10.7 Å². The average molecular weight is 369 g/mol. The lowest BCUT2D eigenvalue weighted by molar-refractivity contribution is 0.0998. The van der Waals surface area contributed by atoms with Crippen LogP contribution in [0.5, 0.6) is 0 Å². The number of benzene rings is 3. The Morgan fingerprint density at radius 2 is 1.68 bits per heavy atom. The maximum atomic E-state index is 13.0. The Hall–Kier alpha value is -3.24. The van der Waals surface area contributed by atoms with Gasteiger partial charge in [-0.1, -0.05) is 72.8 Å². The first kappa shape index (κ1) is 18.1. The normalized spacial score (nSPS) is 16.1. The molecule has 3 aromatic rings. The van der Waals surface area contributed by atoms with Gasteiger partial charge in [-0.05, 0) is 18.6 Å². The largest absolute Gasteiger partial charge is 0.360 e. The molecule has 28 heavy (non-hydrogen) atoms. The first-order valence-corrected chi connectivity index (χ1v) is 9.45. The van der Waals surface area contributed by atoms with E-state index in [9.17, 15) is 4.79 Å². The highest BCUT2D eigenvalue weighted by atomic mass is 16.1. The van der Waals surface area contributed by atoms with Crippen molar-refractivity contribution in [2.75, 3.05) is 18.0 Å². The highest BCUT2D eigenvalue weighted by molar-refractivity contribution is 6.16. The number of nitrogens with zero attached hydrogens (tertiary/aromatic N) is 2. The summed E-state index contributed by atoms with van der Waals surface area (Å²) in [6.07, 6.45) is -0.410. The third-order valence-corrected chi connectivity index (χ3v) is 5.03. The van der Waals surface area contributed by atoms with Gasteiger partial charge in [0.15, 0.2) is 5.78 Å². The Labute approximate surface area is 165 Å². The number of benzodiazepines with no additional fused rings is 1. The standard InChI is InChI=1S/C24H23N3O/c1-17-9-5-6-12-19(17)22(28)15-27-16-23(25)26-24(18-10-3-2-4-11-18)20-13-7-8-14-21(20)27/h2-14,23H,15-16,25H2,1H3/t23-/m1/s1. The first-order chi connectivity index (χ1) is 13.6. The predicted molar refractivity (Wildman–Crippen MR) is 114 cm³/mol. The topological polar surface area (TPSA) is 58.7 Å². The molecule has 1 aliphatic heterocycles. The number of nitrogens with two attached hydrogens (primary N) is 1. The molecule has 140 valence electrons. The number of aliphatic imine (C=N–C) groups is 1. The summed E-state index contributed by atoms with van der Waals surface area (Å²) < 4.78 is 0. The van der Waals surface area contributed by atoms with Crippen molar-refractivity contribution in [1.29, 1.82) is 0 Å². The van der Waals surface area contributed by atoms with Crippen LogP contribution in [0.4, 0.5) is 5.69 Å². The summed E-state index contributed by atoms with van der Waals surface area (Å²) in [5.74, 6) is 0.0864. The van der Waals surface area contributed by atoms with Crippen molar-refractivity contribution in [1.82, 2.24) is 0 Å². The van der Waals surface area contributed by atoms with E-state index in [0.717, 1.165) is 33.7 Å². The van der Waals surface area contributed by atoms with E-state index in [2.05, 4.69) is 0 Å². The average Bonchev–Trinajstić information content (AvgIpc) is 2.86. The van der Waals surface area contributed by atoms with Gasteiger partial charge < -0.3 is 10.6 Å². The van der Waals surface area contributed by atoms with E-state index in [-0.39, 0.29) is 12.3 Å². The van der Waals surface area contributed by atoms with Crippen molar-refractivity contribution in [2.45, 2.75) is 13.1 Å². The Balaban J connectivity index is 1.72. The van der Waals surface area contributed by atoms with E-state index in [1.54, 1.807) is 0 Å². The number of hydrogen-bond acceptors (Lipinski definition) is 4. The number of ketones is 1. The van der Waals surface area contributed by atoms with Gasteiger partial charge >= 0.3 is 0 Å². The summed E-state index contributed by atoms with van der Waals surface area (Å²) in [5.41, 5.74) is 12.0.